The largest absolute Gasteiger partial charge is 0.397 e. The van der Waals surface area contributed by atoms with Crippen molar-refractivity contribution in [3.05, 3.63) is 24.0 Å². The lowest BCUT2D eigenvalue weighted by molar-refractivity contribution is 0.681. The van der Waals surface area contributed by atoms with Crippen LogP contribution in [-0.4, -0.2) is 11.5 Å². The van der Waals surface area contributed by atoms with Crippen molar-refractivity contribution in [1.29, 1.82) is 0 Å². The number of pyridine rings is 1. The van der Waals surface area contributed by atoms with Crippen LogP contribution in [0, 0.1) is 0 Å². The predicted molar refractivity (Wildman–Crippen MR) is 48.6 cm³/mol. The van der Waals surface area contributed by atoms with Crippen molar-refractivity contribution < 1.29 is 0 Å². The van der Waals surface area contributed by atoms with Crippen molar-refractivity contribution >= 4 is 5.69 Å². The van der Waals surface area contributed by atoms with Crippen LogP contribution in [0.3, 0.4) is 0 Å². The zero-order chi connectivity index (χ0) is 8.60. The van der Waals surface area contributed by atoms with E-state index in [-0.39, 0.29) is 5.41 Å². The van der Waals surface area contributed by atoms with Crippen LogP contribution in [0.5, 0.6) is 0 Å². The van der Waals surface area contributed by atoms with Crippen molar-refractivity contribution in [2.45, 2.75) is 18.3 Å². The van der Waals surface area contributed by atoms with Crippen LogP contribution in [0.25, 0.3) is 0 Å². The molecule has 0 aliphatic heterocycles. The molecule has 1 aromatic heterocycles. The molecule has 3 nitrogen and oxygen atoms in total. The molecule has 4 N–H and O–H groups in total. The van der Waals surface area contributed by atoms with Gasteiger partial charge in [0.1, 0.15) is 0 Å². The van der Waals surface area contributed by atoms with Crippen molar-refractivity contribution in [2.24, 2.45) is 5.73 Å². The molecule has 1 fully saturated rings. The molecule has 0 amide bonds. The van der Waals surface area contributed by atoms with Gasteiger partial charge in [0.2, 0.25) is 0 Å². The SMILES string of the molecule is NCC1(c2ncccc2N)CC1. The van der Waals surface area contributed by atoms with Gasteiger partial charge in [-0.15, -0.1) is 0 Å². The van der Waals surface area contributed by atoms with Crippen LogP contribution >= 0.6 is 0 Å². The van der Waals surface area contributed by atoms with E-state index in [0.29, 0.717) is 6.54 Å². The van der Waals surface area contributed by atoms with E-state index in [2.05, 4.69) is 4.98 Å². The van der Waals surface area contributed by atoms with E-state index >= 15 is 0 Å². The average Bonchev–Trinajstić information content (AvgIpc) is 2.86. The van der Waals surface area contributed by atoms with E-state index in [0.717, 1.165) is 24.2 Å². The van der Waals surface area contributed by atoms with Crippen LogP contribution in [0.1, 0.15) is 18.5 Å². The normalized spacial score (nSPS) is 19.1. The summed E-state index contributed by atoms with van der Waals surface area (Å²) in [4.78, 5) is 4.28. The first-order valence-electron chi connectivity index (χ1n) is 4.19. The van der Waals surface area contributed by atoms with Crippen molar-refractivity contribution in [3.63, 3.8) is 0 Å². The van der Waals surface area contributed by atoms with Gasteiger partial charge >= 0.3 is 0 Å². The minimum atomic E-state index is 0.116. The Bertz CT molecular complexity index is 292. The molecular weight excluding hydrogens is 150 g/mol. The molecule has 0 radical (unpaired) electrons. The third-order valence-corrected chi connectivity index (χ3v) is 2.59. The molecule has 0 spiro atoms. The maximum absolute atomic E-state index is 5.80. The minimum Gasteiger partial charge on any atom is -0.397 e. The fourth-order valence-electron chi connectivity index (χ4n) is 1.55. The monoisotopic (exact) mass is 163 g/mol. The van der Waals surface area contributed by atoms with Crippen LogP contribution in [0.15, 0.2) is 18.3 Å². The fraction of sp³-hybridized carbons (Fsp3) is 0.444. The summed E-state index contributed by atoms with van der Waals surface area (Å²) in [5, 5.41) is 0. The second kappa shape index (κ2) is 2.45. The van der Waals surface area contributed by atoms with Crippen LogP contribution in [0.4, 0.5) is 5.69 Å². The highest BCUT2D eigenvalue weighted by Gasteiger charge is 2.45. The van der Waals surface area contributed by atoms with Gasteiger partial charge in [-0.05, 0) is 25.0 Å². The van der Waals surface area contributed by atoms with Gasteiger partial charge in [0.05, 0.1) is 11.4 Å². The van der Waals surface area contributed by atoms with Gasteiger partial charge in [0, 0.05) is 18.2 Å². The van der Waals surface area contributed by atoms with E-state index < -0.39 is 0 Å². The van der Waals surface area contributed by atoms with Crippen molar-refractivity contribution in [2.75, 3.05) is 12.3 Å². The third kappa shape index (κ3) is 0.975. The molecule has 3 heteroatoms. The minimum absolute atomic E-state index is 0.116. The number of nitrogens with zero attached hydrogens (tertiary/aromatic N) is 1. The summed E-state index contributed by atoms with van der Waals surface area (Å²) < 4.78 is 0. The first kappa shape index (κ1) is 7.55. The summed E-state index contributed by atoms with van der Waals surface area (Å²) in [5.74, 6) is 0. The molecule has 1 aliphatic carbocycles. The molecule has 1 aliphatic rings. The Kier molecular flexibility index (Phi) is 1.54. The van der Waals surface area contributed by atoms with Gasteiger partial charge in [-0.25, -0.2) is 0 Å². The van der Waals surface area contributed by atoms with E-state index in [1.54, 1.807) is 6.20 Å². The van der Waals surface area contributed by atoms with Gasteiger partial charge in [-0.2, -0.15) is 0 Å². The molecule has 12 heavy (non-hydrogen) atoms. The molecule has 2 rings (SSSR count). The molecule has 0 bridgehead atoms. The Labute approximate surface area is 71.8 Å². The topological polar surface area (TPSA) is 64.9 Å². The van der Waals surface area contributed by atoms with E-state index in [4.69, 9.17) is 11.5 Å². The first-order valence-corrected chi connectivity index (χ1v) is 4.19. The van der Waals surface area contributed by atoms with Crippen LogP contribution in [0.2, 0.25) is 0 Å². The zero-order valence-corrected chi connectivity index (χ0v) is 6.96. The summed E-state index contributed by atoms with van der Waals surface area (Å²) in [6, 6.07) is 3.74. The smallest absolute Gasteiger partial charge is 0.0706 e. The standard InChI is InChI=1S/C9H13N3/c10-6-9(3-4-9)8-7(11)2-1-5-12-8/h1-2,5H,3-4,6,10-11H2. The van der Waals surface area contributed by atoms with Gasteiger partial charge in [-0.1, -0.05) is 0 Å². The van der Waals surface area contributed by atoms with Gasteiger partial charge < -0.3 is 11.5 Å². The fourth-order valence-corrected chi connectivity index (χ4v) is 1.55. The lowest BCUT2D eigenvalue weighted by atomic mass is 10.0. The summed E-state index contributed by atoms with van der Waals surface area (Å²) in [6.45, 7) is 0.661. The number of nitrogens with two attached hydrogens (primary N) is 2. The zero-order valence-electron chi connectivity index (χ0n) is 6.96. The number of nitrogen functional groups attached to an aromatic ring is 1. The van der Waals surface area contributed by atoms with Crippen molar-refractivity contribution in [3.8, 4) is 0 Å². The summed E-state index contributed by atoms with van der Waals surface area (Å²) in [6.07, 6.45) is 4.04. The van der Waals surface area contributed by atoms with Gasteiger partial charge in [-0.3, -0.25) is 4.98 Å². The number of hydrogen-bond donors (Lipinski definition) is 2. The summed E-state index contributed by atoms with van der Waals surface area (Å²) in [5.41, 5.74) is 13.4. The second-order valence-electron chi connectivity index (χ2n) is 3.43. The predicted octanol–water partition coefficient (Wildman–Crippen LogP) is 0.654. The first-order chi connectivity index (χ1) is 5.78. The molecule has 0 atom stereocenters. The quantitative estimate of drug-likeness (QED) is 0.673. The third-order valence-electron chi connectivity index (χ3n) is 2.59. The molecule has 0 unspecified atom stereocenters. The van der Waals surface area contributed by atoms with E-state index in [1.807, 2.05) is 12.1 Å². The second-order valence-corrected chi connectivity index (χ2v) is 3.43. The number of hydrogen-bond acceptors (Lipinski definition) is 3. The van der Waals surface area contributed by atoms with Gasteiger partial charge in [0.25, 0.3) is 0 Å². The van der Waals surface area contributed by atoms with E-state index in [9.17, 15) is 0 Å². The Hall–Kier alpha value is -1.09. The Morgan fingerprint density at radius 2 is 2.25 bits per heavy atom. The maximum atomic E-state index is 5.80. The molecular formula is C9H13N3. The van der Waals surface area contributed by atoms with Crippen molar-refractivity contribution in [1.82, 2.24) is 4.98 Å². The Morgan fingerprint density at radius 3 is 2.75 bits per heavy atom. The highest BCUT2D eigenvalue weighted by atomic mass is 14.8. The molecule has 0 aromatic carbocycles. The van der Waals surface area contributed by atoms with Crippen LogP contribution < -0.4 is 11.5 Å². The molecule has 1 heterocycles. The lowest BCUT2D eigenvalue weighted by Gasteiger charge is -2.13. The number of aromatic nitrogens is 1. The van der Waals surface area contributed by atoms with Crippen LogP contribution in [-0.2, 0) is 5.41 Å². The molecule has 64 valence electrons. The van der Waals surface area contributed by atoms with E-state index in [1.165, 1.54) is 0 Å². The number of anilines is 1. The highest BCUT2D eigenvalue weighted by Crippen LogP contribution is 2.47. The van der Waals surface area contributed by atoms with Gasteiger partial charge in [0.15, 0.2) is 0 Å². The lowest BCUT2D eigenvalue weighted by Crippen LogP contribution is -2.22. The highest BCUT2D eigenvalue weighted by molar-refractivity contribution is 5.48. The molecule has 1 saturated carbocycles. The Morgan fingerprint density at radius 1 is 1.50 bits per heavy atom. The average molecular weight is 163 g/mol. The number of rotatable bonds is 2. The summed E-state index contributed by atoms with van der Waals surface area (Å²) >= 11 is 0. The Balaban J connectivity index is 2.40. The summed E-state index contributed by atoms with van der Waals surface area (Å²) in [7, 11) is 0. The molecule has 1 aromatic rings. The maximum Gasteiger partial charge on any atom is 0.0706 e. The molecule has 0 saturated heterocycles.